The normalized spacial score (nSPS) is 17.2. The van der Waals surface area contributed by atoms with E-state index in [9.17, 15) is 4.39 Å². The minimum Gasteiger partial charge on any atom is -0.371 e. The Bertz CT molecular complexity index is 412. The van der Waals surface area contributed by atoms with Crippen LogP contribution in [-0.4, -0.2) is 44.7 Å². The average Bonchev–Trinajstić information content (AvgIpc) is 2.41. The number of nitrogens with zero attached hydrogens (tertiary/aromatic N) is 2. The molecular weight excluding hydrogens is 241 g/mol. The highest BCUT2D eigenvalue weighted by Crippen LogP contribution is 2.27. The van der Waals surface area contributed by atoms with Crippen LogP contribution in [0, 0.1) is 5.82 Å². The van der Waals surface area contributed by atoms with Crippen LogP contribution in [0.3, 0.4) is 0 Å². The summed E-state index contributed by atoms with van der Waals surface area (Å²) in [5.74, 6) is -0.127. The zero-order chi connectivity index (χ0) is 13.8. The molecule has 0 aromatic heterocycles. The molecule has 1 aliphatic heterocycles. The van der Waals surface area contributed by atoms with Crippen molar-refractivity contribution >= 4 is 5.69 Å². The van der Waals surface area contributed by atoms with Crippen LogP contribution in [0.2, 0.25) is 0 Å². The first-order valence-corrected chi connectivity index (χ1v) is 7.02. The molecular formula is C15H24FN3. The van der Waals surface area contributed by atoms with E-state index < -0.39 is 0 Å². The van der Waals surface area contributed by atoms with Crippen molar-refractivity contribution in [3.8, 4) is 0 Å². The highest BCUT2D eigenvalue weighted by atomic mass is 19.1. The van der Waals surface area contributed by atoms with E-state index >= 15 is 0 Å². The monoisotopic (exact) mass is 265 g/mol. The summed E-state index contributed by atoms with van der Waals surface area (Å²) in [6.07, 6.45) is 2.87. The van der Waals surface area contributed by atoms with Gasteiger partial charge in [-0.1, -0.05) is 6.07 Å². The lowest BCUT2D eigenvalue weighted by atomic mass is 10.0. The molecule has 1 aliphatic rings. The van der Waals surface area contributed by atoms with Gasteiger partial charge in [-0.25, -0.2) is 4.39 Å². The second-order valence-electron chi connectivity index (χ2n) is 5.46. The number of halogens is 1. The minimum atomic E-state index is -0.127. The van der Waals surface area contributed by atoms with Crippen LogP contribution in [0.4, 0.5) is 10.1 Å². The molecule has 1 heterocycles. The van der Waals surface area contributed by atoms with E-state index in [0.29, 0.717) is 19.0 Å². The fraction of sp³-hybridized carbons (Fsp3) is 0.600. The van der Waals surface area contributed by atoms with Crippen LogP contribution in [0.15, 0.2) is 18.2 Å². The van der Waals surface area contributed by atoms with E-state index in [-0.39, 0.29) is 5.82 Å². The van der Waals surface area contributed by atoms with Crippen LogP contribution < -0.4 is 10.6 Å². The van der Waals surface area contributed by atoms with E-state index in [1.165, 1.54) is 6.07 Å². The van der Waals surface area contributed by atoms with Gasteiger partial charge in [-0.3, -0.25) is 0 Å². The van der Waals surface area contributed by atoms with Gasteiger partial charge >= 0.3 is 0 Å². The number of nitrogens with two attached hydrogens (primary N) is 1. The second-order valence-corrected chi connectivity index (χ2v) is 5.46. The SMILES string of the molecule is CN(C)C1CCN(c2cccc(F)c2CCN)CC1. The molecule has 1 saturated heterocycles. The molecule has 1 aromatic rings. The highest BCUT2D eigenvalue weighted by Gasteiger charge is 2.22. The average molecular weight is 265 g/mol. The summed E-state index contributed by atoms with van der Waals surface area (Å²) in [5.41, 5.74) is 7.40. The standard InChI is InChI=1S/C15H24FN3/c1-18(2)12-7-10-19(11-8-12)15-5-3-4-14(16)13(15)6-9-17/h3-5,12H,6-11,17H2,1-2H3. The maximum Gasteiger partial charge on any atom is 0.128 e. The summed E-state index contributed by atoms with van der Waals surface area (Å²) >= 11 is 0. The van der Waals surface area contributed by atoms with E-state index in [2.05, 4.69) is 23.9 Å². The number of benzene rings is 1. The number of hydrogen-bond acceptors (Lipinski definition) is 3. The Morgan fingerprint density at radius 1 is 1.32 bits per heavy atom. The number of hydrogen-bond donors (Lipinski definition) is 1. The summed E-state index contributed by atoms with van der Waals surface area (Å²) < 4.78 is 13.9. The van der Waals surface area contributed by atoms with Gasteiger partial charge in [0, 0.05) is 30.4 Å². The van der Waals surface area contributed by atoms with Crippen molar-refractivity contribution in [2.75, 3.05) is 38.6 Å². The first-order chi connectivity index (χ1) is 9.13. The van der Waals surface area contributed by atoms with Crippen molar-refractivity contribution < 1.29 is 4.39 Å². The van der Waals surface area contributed by atoms with Gasteiger partial charge in [-0.05, 0) is 52.0 Å². The van der Waals surface area contributed by atoms with Crippen molar-refractivity contribution in [1.29, 1.82) is 0 Å². The highest BCUT2D eigenvalue weighted by molar-refractivity contribution is 5.54. The first-order valence-electron chi connectivity index (χ1n) is 7.02. The Labute approximate surface area is 115 Å². The lowest BCUT2D eigenvalue weighted by molar-refractivity contribution is 0.249. The third kappa shape index (κ3) is 3.25. The van der Waals surface area contributed by atoms with Gasteiger partial charge in [0.2, 0.25) is 0 Å². The Hall–Kier alpha value is -1.13. The van der Waals surface area contributed by atoms with Gasteiger partial charge in [0.15, 0.2) is 0 Å². The molecule has 4 heteroatoms. The zero-order valence-corrected chi connectivity index (χ0v) is 11.9. The molecule has 1 aromatic carbocycles. The molecule has 19 heavy (non-hydrogen) atoms. The van der Waals surface area contributed by atoms with Crippen molar-refractivity contribution in [3.63, 3.8) is 0 Å². The fourth-order valence-corrected chi connectivity index (χ4v) is 2.86. The van der Waals surface area contributed by atoms with Gasteiger partial charge in [0.25, 0.3) is 0 Å². The number of anilines is 1. The smallest absolute Gasteiger partial charge is 0.128 e. The van der Waals surface area contributed by atoms with Crippen LogP contribution in [0.5, 0.6) is 0 Å². The van der Waals surface area contributed by atoms with Crippen LogP contribution in [0.25, 0.3) is 0 Å². The Balaban J connectivity index is 2.13. The topological polar surface area (TPSA) is 32.5 Å². The summed E-state index contributed by atoms with van der Waals surface area (Å²) in [6.45, 7) is 2.47. The van der Waals surface area contributed by atoms with E-state index in [1.54, 1.807) is 6.07 Å². The largest absolute Gasteiger partial charge is 0.371 e. The molecule has 0 bridgehead atoms. The lowest BCUT2D eigenvalue weighted by Crippen LogP contribution is -2.42. The molecule has 2 N–H and O–H groups in total. The van der Waals surface area contributed by atoms with E-state index in [0.717, 1.165) is 37.2 Å². The van der Waals surface area contributed by atoms with Gasteiger partial charge in [-0.2, -0.15) is 0 Å². The van der Waals surface area contributed by atoms with Gasteiger partial charge in [-0.15, -0.1) is 0 Å². The third-order valence-corrected chi connectivity index (χ3v) is 4.02. The summed E-state index contributed by atoms with van der Waals surface area (Å²) in [5, 5.41) is 0. The Morgan fingerprint density at radius 2 is 2.00 bits per heavy atom. The molecule has 1 fully saturated rings. The minimum absolute atomic E-state index is 0.127. The molecule has 0 radical (unpaired) electrons. The van der Waals surface area contributed by atoms with Crippen LogP contribution in [-0.2, 0) is 6.42 Å². The summed E-state index contributed by atoms with van der Waals surface area (Å²) in [7, 11) is 4.25. The molecule has 0 saturated carbocycles. The predicted molar refractivity (Wildman–Crippen MR) is 78.1 cm³/mol. The Kier molecular flexibility index (Phi) is 4.77. The quantitative estimate of drug-likeness (QED) is 0.902. The van der Waals surface area contributed by atoms with Gasteiger partial charge in [0.05, 0.1) is 0 Å². The molecule has 0 spiro atoms. The van der Waals surface area contributed by atoms with Crippen molar-refractivity contribution in [2.45, 2.75) is 25.3 Å². The molecule has 0 atom stereocenters. The molecule has 2 rings (SSSR count). The summed E-state index contributed by atoms with van der Waals surface area (Å²) in [6, 6.07) is 5.98. The number of rotatable bonds is 4. The van der Waals surface area contributed by atoms with E-state index in [1.807, 2.05) is 6.07 Å². The van der Waals surface area contributed by atoms with Crippen LogP contribution >= 0.6 is 0 Å². The van der Waals surface area contributed by atoms with E-state index in [4.69, 9.17) is 5.73 Å². The number of piperidine rings is 1. The zero-order valence-electron chi connectivity index (χ0n) is 11.9. The van der Waals surface area contributed by atoms with Crippen molar-refractivity contribution in [3.05, 3.63) is 29.6 Å². The van der Waals surface area contributed by atoms with Crippen molar-refractivity contribution in [2.24, 2.45) is 5.73 Å². The summed E-state index contributed by atoms with van der Waals surface area (Å²) in [4.78, 5) is 4.58. The molecule has 106 valence electrons. The molecule has 0 unspecified atom stereocenters. The second kappa shape index (κ2) is 6.35. The van der Waals surface area contributed by atoms with Gasteiger partial charge in [0.1, 0.15) is 5.82 Å². The predicted octanol–water partition coefficient (Wildman–Crippen LogP) is 1.86. The molecule has 3 nitrogen and oxygen atoms in total. The lowest BCUT2D eigenvalue weighted by Gasteiger charge is -2.37. The van der Waals surface area contributed by atoms with Gasteiger partial charge < -0.3 is 15.5 Å². The fourth-order valence-electron chi connectivity index (χ4n) is 2.86. The Morgan fingerprint density at radius 3 is 2.58 bits per heavy atom. The maximum absolute atomic E-state index is 13.9. The third-order valence-electron chi connectivity index (χ3n) is 4.02. The van der Waals surface area contributed by atoms with Crippen LogP contribution in [0.1, 0.15) is 18.4 Å². The molecule has 0 aliphatic carbocycles. The maximum atomic E-state index is 13.9. The molecule has 0 amide bonds. The van der Waals surface area contributed by atoms with Crippen molar-refractivity contribution in [1.82, 2.24) is 4.90 Å². The first kappa shape index (κ1) is 14.3.